The van der Waals surface area contributed by atoms with Crippen molar-refractivity contribution >= 4 is 12.0 Å². The highest BCUT2D eigenvalue weighted by molar-refractivity contribution is 5.53. The van der Waals surface area contributed by atoms with Crippen molar-refractivity contribution < 1.29 is 9.90 Å². The second-order valence-corrected chi connectivity index (χ2v) is 10.4. The molecule has 4 heteroatoms. The minimum atomic E-state index is 0.286. The van der Waals surface area contributed by atoms with Crippen LogP contribution in [0.2, 0.25) is 0 Å². The summed E-state index contributed by atoms with van der Waals surface area (Å²) in [4.78, 5) is 15.8. The van der Waals surface area contributed by atoms with Crippen LogP contribution >= 0.6 is 0 Å². The van der Waals surface area contributed by atoms with Crippen LogP contribution in [0.4, 0.5) is 5.69 Å². The number of benzene rings is 3. The number of phenolic OH excluding ortho intramolecular Hbond substituents is 1. The van der Waals surface area contributed by atoms with Gasteiger partial charge in [-0.25, -0.2) is 0 Å². The van der Waals surface area contributed by atoms with Gasteiger partial charge in [-0.15, -0.1) is 0 Å². The molecule has 1 saturated heterocycles. The number of aromatic hydroxyl groups is 1. The smallest absolute Gasteiger partial charge is 0.133 e. The van der Waals surface area contributed by atoms with E-state index in [-0.39, 0.29) is 5.92 Å². The Morgan fingerprint density at radius 2 is 1.50 bits per heavy atom. The van der Waals surface area contributed by atoms with E-state index in [1.165, 1.54) is 27.9 Å². The molecule has 0 aromatic heterocycles. The molecule has 0 saturated carbocycles. The van der Waals surface area contributed by atoms with Gasteiger partial charge in [0.2, 0.25) is 0 Å². The van der Waals surface area contributed by atoms with E-state index in [0.29, 0.717) is 18.2 Å². The van der Waals surface area contributed by atoms with Crippen LogP contribution in [-0.2, 0) is 11.2 Å². The Morgan fingerprint density at radius 3 is 2.19 bits per heavy atom. The summed E-state index contributed by atoms with van der Waals surface area (Å²) in [7, 11) is 0. The summed E-state index contributed by atoms with van der Waals surface area (Å²) in [6.07, 6.45) is 7.67. The van der Waals surface area contributed by atoms with Gasteiger partial charge < -0.3 is 14.8 Å². The molecule has 36 heavy (non-hydrogen) atoms. The summed E-state index contributed by atoms with van der Waals surface area (Å²) in [6, 6.07) is 26.2. The maximum Gasteiger partial charge on any atom is 0.133 e. The molecule has 1 N–H and O–H groups in total. The molecule has 4 nitrogen and oxygen atoms in total. The topological polar surface area (TPSA) is 43.8 Å². The van der Waals surface area contributed by atoms with Crippen LogP contribution in [0.15, 0.2) is 72.8 Å². The zero-order valence-electron chi connectivity index (χ0n) is 21.2. The highest BCUT2D eigenvalue weighted by Gasteiger charge is 2.32. The van der Waals surface area contributed by atoms with Gasteiger partial charge in [-0.05, 0) is 104 Å². The second kappa shape index (κ2) is 11.7. The number of hydrogen-bond acceptors (Lipinski definition) is 4. The molecule has 0 amide bonds. The fourth-order valence-corrected chi connectivity index (χ4v) is 6.22. The number of phenols is 1. The largest absolute Gasteiger partial charge is 0.508 e. The SMILES string of the molecule is O=CCN1CCCCN(c2ccc([C@H]3c4ccc(O)cc4CC[C@H]3c3ccccc3)cc2)CCCC1. The number of nitrogens with zero attached hydrogens (tertiary/aromatic N) is 2. The minimum Gasteiger partial charge on any atom is -0.508 e. The van der Waals surface area contributed by atoms with Crippen molar-refractivity contribution in [3.05, 3.63) is 95.1 Å². The third kappa shape index (κ3) is 5.65. The van der Waals surface area contributed by atoms with Gasteiger partial charge in [0.25, 0.3) is 0 Å². The molecular weight excluding hydrogens is 444 g/mol. The Balaban J connectivity index is 1.37. The molecule has 1 fully saturated rings. The summed E-state index contributed by atoms with van der Waals surface area (Å²) in [5.41, 5.74) is 6.67. The molecule has 2 atom stereocenters. The fraction of sp³-hybridized carbons (Fsp3) is 0.406. The van der Waals surface area contributed by atoms with Crippen molar-refractivity contribution in [2.45, 2.75) is 50.4 Å². The normalized spacial score (nSPS) is 21.5. The summed E-state index contributed by atoms with van der Waals surface area (Å²) < 4.78 is 0. The number of hydrogen-bond donors (Lipinski definition) is 1. The fourth-order valence-electron chi connectivity index (χ4n) is 6.22. The Morgan fingerprint density at radius 1 is 0.806 bits per heavy atom. The molecule has 0 unspecified atom stereocenters. The molecule has 3 aromatic rings. The van der Waals surface area contributed by atoms with Crippen LogP contribution < -0.4 is 4.90 Å². The summed E-state index contributed by atoms with van der Waals surface area (Å²) >= 11 is 0. The molecule has 1 aliphatic carbocycles. The van der Waals surface area contributed by atoms with E-state index < -0.39 is 0 Å². The summed E-state index contributed by atoms with van der Waals surface area (Å²) in [5, 5.41) is 10.1. The van der Waals surface area contributed by atoms with Gasteiger partial charge in [0.1, 0.15) is 12.0 Å². The van der Waals surface area contributed by atoms with Crippen molar-refractivity contribution in [2.75, 3.05) is 37.6 Å². The number of carbonyl (C=O) groups excluding carboxylic acids is 1. The van der Waals surface area contributed by atoms with E-state index in [4.69, 9.17) is 0 Å². The number of aldehydes is 1. The predicted octanol–water partition coefficient (Wildman–Crippen LogP) is 6.14. The highest BCUT2D eigenvalue weighted by atomic mass is 16.3. The zero-order valence-corrected chi connectivity index (χ0v) is 21.2. The van der Waals surface area contributed by atoms with Crippen LogP contribution in [-0.4, -0.2) is 49.0 Å². The third-order valence-electron chi connectivity index (χ3n) is 8.07. The lowest BCUT2D eigenvalue weighted by Gasteiger charge is -2.35. The Bertz CT molecular complexity index is 1120. The van der Waals surface area contributed by atoms with Crippen molar-refractivity contribution in [3.8, 4) is 5.75 Å². The highest BCUT2D eigenvalue weighted by Crippen LogP contribution is 2.47. The molecule has 0 spiro atoms. The quantitative estimate of drug-likeness (QED) is 0.444. The second-order valence-electron chi connectivity index (χ2n) is 10.4. The van der Waals surface area contributed by atoms with E-state index in [2.05, 4.69) is 70.5 Å². The van der Waals surface area contributed by atoms with Crippen molar-refractivity contribution in [1.29, 1.82) is 0 Å². The number of fused-ring (bicyclic) bond motifs is 1. The van der Waals surface area contributed by atoms with E-state index in [0.717, 1.165) is 71.0 Å². The van der Waals surface area contributed by atoms with Crippen LogP contribution in [0.1, 0.15) is 66.2 Å². The monoisotopic (exact) mass is 482 g/mol. The van der Waals surface area contributed by atoms with Gasteiger partial charge in [0.15, 0.2) is 0 Å². The van der Waals surface area contributed by atoms with Crippen LogP contribution in [0, 0.1) is 0 Å². The Hall–Kier alpha value is -3.11. The summed E-state index contributed by atoms with van der Waals surface area (Å²) in [6.45, 7) is 4.73. The van der Waals surface area contributed by atoms with Gasteiger partial charge in [-0.1, -0.05) is 48.5 Å². The van der Waals surface area contributed by atoms with Gasteiger partial charge in [0.05, 0.1) is 6.54 Å². The van der Waals surface area contributed by atoms with Gasteiger partial charge >= 0.3 is 0 Å². The first-order valence-electron chi connectivity index (χ1n) is 13.6. The zero-order chi connectivity index (χ0) is 24.7. The van der Waals surface area contributed by atoms with Crippen LogP contribution in [0.25, 0.3) is 0 Å². The molecule has 3 aromatic carbocycles. The van der Waals surface area contributed by atoms with Crippen molar-refractivity contribution in [2.24, 2.45) is 0 Å². The molecule has 0 bridgehead atoms. The summed E-state index contributed by atoms with van der Waals surface area (Å²) in [5.74, 6) is 1.07. The lowest BCUT2D eigenvalue weighted by Crippen LogP contribution is -2.32. The molecule has 1 aliphatic heterocycles. The number of aryl methyl sites for hydroxylation is 1. The van der Waals surface area contributed by atoms with Gasteiger partial charge in [0, 0.05) is 24.7 Å². The average Bonchev–Trinajstić information content (AvgIpc) is 2.92. The van der Waals surface area contributed by atoms with E-state index in [1.807, 2.05) is 12.1 Å². The van der Waals surface area contributed by atoms with Crippen molar-refractivity contribution in [1.82, 2.24) is 4.90 Å². The van der Waals surface area contributed by atoms with Crippen LogP contribution in [0.5, 0.6) is 5.75 Å². The van der Waals surface area contributed by atoms with Gasteiger partial charge in [-0.3, -0.25) is 4.90 Å². The number of rotatable bonds is 5. The Labute approximate surface area is 215 Å². The minimum absolute atomic E-state index is 0.286. The molecule has 2 aliphatic rings. The first kappa shape index (κ1) is 24.6. The number of anilines is 1. The van der Waals surface area contributed by atoms with E-state index in [9.17, 15) is 9.90 Å². The molecular formula is C32H38N2O2. The number of carbonyl (C=O) groups is 1. The maximum atomic E-state index is 10.9. The molecule has 5 rings (SSSR count). The van der Waals surface area contributed by atoms with Crippen molar-refractivity contribution in [3.63, 3.8) is 0 Å². The van der Waals surface area contributed by atoms with E-state index >= 15 is 0 Å². The standard InChI is InChI=1S/C32H38N2O2/c35-23-22-33-18-4-6-20-34(21-7-5-19-33)28-13-10-26(11-14-28)32-30(25-8-2-1-3-9-25)16-12-27-24-29(36)15-17-31(27)32/h1-3,8-11,13-15,17,23-24,30,32,36H,4-7,12,16,18-22H2/t30-,32+/m0/s1. The third-order valence-corrected chi connectivity index (χ3v) is 8.07. The first-order chi connectivity index (χ1) is 17.7. The Kier molecular flexibility index (Phi) is 8.02. The van der Waals surface area contributed by atoms with Gasteiger partial charge in [-0.2, -0.15) is 0 Å². The van der Waals surface area contributed by atoms with E-state index in [1.54, 1.807) is 0 Å². The lowest BCUT2D eigenvalue weighted by atomic mass is 9.69. The maximum absolute atomic E-state index is 10.9. The molecule has 0 radical (unpaired) electrons. The first-order valence-corrected chi connectivity index (χ1v) is 13.6. The molecule has 1 heterocycles. The predicted molar refractivity (Wildman–Crippen MR) is 147 cm³/mol. The van der Waals surface area contributed by atoms with Crippen LogP contribution in [0.3, 0.4) is 0 Å². The average molecular weight is 483 g/mol. The molecule has 188 valence electrons. The lowest BCUT2D eigenvalue weighted by molar-refractivity contribution is -0.108.